The van der Waals surface area contributed by atoms with Crippen molar-refractivity contribution in [2.45, 2.75) is 238 Å². The fraction of sp³-hybridized carbons (Fsp3) is 0.898. The zero-order valence-electron chi connectivity index (χ0n) is 38.7. The van der Waals surface area contributed by atoms with Gasteiger partial charge in [-0.05, 0) is 38.5 Å². The minimum Gasteiger partial charge on any atom is -0.545 e. The van der Waals surface area contributed by atoms with E-state index in [2.05, 4.69) is 26.0 Å². The molecule has 0 aliphatic rings. The molecule has 0 aromatic carbocycles. The van der Waals surface area contributed by atoms with Crippen LogP contribution in [0.5, 0.6) is 0 Å². The molecule has 0 rings (SSSR count). The van der Waals surface area contributed by atoms with Crippen molar-refractivity contribution in [3.63, 3.8) is 0 Å². The quantitative estimate of drug-likeness (QED) is 0.0196. The average molecular weight is 824 g/mol. The molecule has 9 heteroatoms. The molecule has 9 nitrogen and oxygen atoms in total. The van der Waals surface area contributed by atoms with E-state index in [9.17, 15) is 19.5 Å². The van der Waals surface area contributed by atoms with E-state index in [0.717, 1.165) is 38.5 Å². The summed E-state index contributed by atoms with van der Waals surface area (Å²) in [5, 5.41) is 11.7. The highest BCUT2D eigenvalue weighted by molar-refractivity contribution is 5.70. The number of likely N-dealkylation sites (N-methyl/N-ethyl adjacent to an activating group) is 1. The fourth-order valence-electron chi connectivity index (χ4n) is 6.94. The van der Waals surface area contributed by atoms with Crippen molar-refractivity contribution in [3.8, 4) is 0 Å². The summed E-state index contributed by atoms with van der Waals surface area (Å²) in [7, 11) is 5.92. The van der Waals surface area contributed by atoms with Gasteiger partial charge >= 0.3 is 11.9 Å². The van der Waals surface area contributed by atoms with Gasteiger partial charge in [0.15, 0.2) is 12.4 Å². The number of esters is 2. The van der Waals surface area contributed by atoms with Crippen LogP contribution in [0, 0.1) is 0 Å². The number of hydrogen-bond acceptors (Lipinski definition) is 8. The van der Waals surface area contributed by atoms with Crippen LogP contribution in [0.4, 0.5) is 0 Å². The van der Waals surface area contributed by atoms with Gasteiger partial charge in [0.2, 0.25) is 0 Å². The third-order valence-electron chi connectivity index (χ3n) is 10.8. The molecule has 0 aromatic heterocycles. The molecule has 0 saturated heterocycles. The minimum atomic E-state index is -1.62. The molecule has 342 valence electrons. The van der Waals surface area contributed by atoms with Gasteiger partial charge in [0.1, 0.15) is 13.2 Å². The topological polar surface area (TPSA) is 111 Å². The second kappa shape index (κ2) is 41.8. The zero-order chi connectivity index (χ0) is 42.8. The number of carbonyl (C=O) groups is 3. The number of rotatable bonds is 45. The molecule has 0 saturated carbocycles. The van der Waals surface area contributed by atoms with E-state index in [1.807, 2.05) is 21.1 Å². The highest BCUT2D eigenvalue weighted by Gasteiger charge is 2.21. The molecule has 0 aromatic rings. The number of aliphatic carboxylic acids is 1. The summed E-state index contributed by atoms with van der Waals surface area (Å²) in [5.74, 6) is -2.27. The summed E-state index contributed by atoms with van der Waals surface area (Å²) in [6.07, 6.45) is 41.0. The third-order valence-corrected chi connectivity index (χ3v) is 10.8. The zero-order valence-corrected chi connectivity index (χ0v) is 38.7. The largest absolute Gasteiger partial charge is 0.545 e. The molecule has 0 amide bonds. The highest BCUT2D eigenvalue weighted by atomic mass is 16.7. The van der Waals surface area contributed by atoms with E-state index in [0.29, 0.717) is 23.9 Å². The Morgan fingerprint density at radius 3 is 1.28 bits per heavy atom. The molecule has 0 radical (unpaired) electrons. The Hall–Kier alpha value is -1.97. The smallest absolute Gasteiger partial charge is 0.306 e. The standard InChI is InChI=1S/C49H93NO8/c1-6-8-10-12-14-16-18-20-21-22-23-24-25-26-27-28-30-32-34-36-38-40-47(52)58-45(44-57-49(48(53)54)55-42-41-50(3,4)5)43-56-46(51)39-37-35-33-31-29-19-17-15-13-11-9-7-2/h22-23,45,49H,6-21,24-44H2,1-5H3/b23-22-. The summed E-state index contributed by atoms with van der Waals surface area (Å²) in [6.45, 7) is 4.76. The van der Waals surface area contributed by atoms with Crippen LogP contribution >= 0.6 is 0 Å². The Balaban J connectivity index is 4.31. The SMILES string of the molecule is CCCCCCCCCC/C=C\CCCCCCCCCCCC(=O)OC(COC(=O)CCCCCCCCCCCCCC)COC(OCC[N+](C)(C)C)C(=O)[O-]. The molecule has 2 unspecified atom stereocenters. The van der Waals surface area contributed by atoms with E-state index in [1.54, 1.807) is 0 Å². The van der Waals surface area contributed by atoms with Gasteiger partial charge in [-0.1, -0.05) is 187 Å². The van der Waals surface area contributed by atoms with Crippen molar-refractivity contribution >= 4 is 17.9 Å². The Bertz CT molecular complexity index is 965. The Labute approximate surface area is 357 Å². The first kappa shape index (κ1) is 56.0. The van der Waals surface area contributed by atoms with Crippen LogP contribution < -0.4 is 5.11 Å². The first-order chi connectivity index (χ1) is 28.1. The number of quaternary nitrogens is 1. The average Bonchev–Trinajstić information content (AvgIpc) is 3.18. The number of allylic oxidation sites excluding steroid dienone is 2. The van der Waals surface area contributed by atoms with Gasteiger partial charge in [-0.3, -0.25) is 9.59 Å². The normalized spacial score (nSPS) is 12.9. The maximum atomic E-state index is 12.8. The Kier molecular flexibility index (Phi) is 40.3. The molecule has 0 spiro atoms. The minimum absolute atomic E-state index is 0.151. The first-order valence-electron chi connectivity index (χ1n) is 24.3. The lowest BCUT2D eigenvalue weighted by molar-refractivity contribution is -0.870. The molecule has 0 aliphatic heterocycles. The van der Waals surface area contributed by atoms with Crippen molar-refractivity contribution < 1.29 is 42.9 Å². The van der Waals surface area contributed by atoms with E-state index < -0.39 is 24.3 Å². The second-order valence-corrected chi connectivity index (χ2v) is 17.8. The summed E-state index contributed by atoms with van der Waals surface area (Å²) in [4.78, 5) is 37.0. The lowest BCUT2D eigenvalue weighted by Crippen LogP contribution is -2.44. The van der Waals surface area contributed by atoms with Crippen molar-refractivity contribution in [2.24, 2.45) is 0 Å². The predicted octanol–water partition coefficient (Wildman–Crippen LogP) is 11.7. The van der Waals surface area contributed by atoms with E-state index in [-0.39, 0.29) is 32.2 Å². The maximum Gasteiger partial charge on any atom is 0.306 e. The lowest BCUT2D eigenvalue weighted by atomic mass is 10.0. The molecule has 0 N–H and O–H groups in total. The van der Waals surface area contributed by atoms with E-state index in [4.69, 9.17) is 18.9 Å². The predicted molar refractivity (Wildman–Crippen MR) is 237 cm³/mol. The van der Waals surface area contributed by atoms with Crippen molar-refractivity contribution in [1.29, 1.82) is 0 Å². The molecule has 0 bridgehead atoms. The molecular formula is C49H93NO8. The highest BCUT2D eigenvalue weighted by Crippen LogP contribution is 2.15. The van der Waals surface area contributed by atoms with Crippen LogP contribution in [-0.2, 0) is 33.3 Å². The van der Waals surface area contributed by atoms with Gasteiger partial charge in [-0.2, -0.15) is 0 Å². The number of carboxylic acids is 1. The van der Waals surface area contributed by atoms with Gasteiger partial charge in [0.25, 0.3) is 0 Å². The van der Waals surface area contributed by atoms with Crippen molar-refractivity contribution in [2.75, 3.05) is 47.5 Å². The van der Waals surface area contributed by atoms with Gasteiger partial charge in [0.05, 0.1) is 40.3 Å². The molecule has 0 fully saturated rings. The van der Waals surface area contributed by atoms with Crippen LogP contribution in [0.2, 0.25) is 0 Å². The monoisotopic (exact) mass is 824 g/mol. The molecule has 58 heavy (non-hydrogen) atoms. The van der Waals surface area contributed by atoms with Crippen molar-refractivity contribution in [1.82, 2.24) is 0 Å². The molecule has 0 aliphatic carbocycles. The van der Waals surface area contributed by atoms with Gasteiger partial charge < -0.3 is 33.3 Å². The maximum absolute atomic E-state index is 12.8. The number of carbonyl (C=O) groups excluding carboxylic acids is 3. The summed E-state index contributed by atoms with van der Waals surface area (Å²) < 4.78 is 22.6. The number of unbranched alkanes of at least 4 members (excludes halogenated alkanes) is 28. The molecule has 2 atom stereocenters. The van der Waals surface area contributed by atoms with E-state index >= 15 is 0 Å². The summed E-state index contributed by atoms with van der Waals surface area (Å²) in [6, 6.07) is 0. The Morgan fingerprint density at radius 2 is 0.879 bits per heavy atom. The fourth-order valence-corrected chi connectivity index (χ4v) is 6.94. The molecule has 0 heterocycles. The third kappa shape index (κ3) is 42.2. The Morgan fingerprint density at radius 1 is 0.500 bits per heavy atom. The second-order valence-electron chi connectivity index (χ2n) is 17.8. The number of carboxylic acid groups (broad SMARTS) is 1. The van der Waals surface area contributed by atoms with Crippen LogP contribution in [0.1, 0.15) is 226 Å². The van der Waals surface area contributed by atoms with Crippen LogP contribution in [0.25, 0.3) is 0 Å². The number of nitrogens with zero attached hydrogens (tertiary/aromatic N) is 1. The summed E-state index contributed by atoms with van der Waals surface area (Å²) >= 11 is 0. The van der Waals surface area contributed by atoms with Crippen LogP contribution in [-0.4, -0.2) is 82.3 Å². The van der Waals surface area contributed by atoms with Gasteiger partial charge in [-0.25, -0.2) is 0 Å². The van der Waals surface area contributed by atoms with E-state index in [1.165, 1.54) is 154 Å². The van der Waals surface area contributed by atoms with Crippen molar-refractivity contribution in [3.05, 3.63) is 12.2 Å². The van der Waals surface area contributed by atoms with Crippen LogP contribution in [0.15, 0.2) is 12.2 Å². The van der Waals surface area contributed by atoms with Crippen LogP contribution in [0.3, 0.4) is 0 Å². The first-order valence-corrected chi connectivity index (χ1v) is 24.3. The number of hydrogen-bond donors (Lipinski definition) is 0. The number of ether oxygens (including phenoxy) is 4. The molecular weight excluding hydrogens is 731 g/mol. The van der Waals surface area contributed by atoms with Gasteiger partial charge in [0, 0.05) is 12.8 Å². The summed E-state index contributed by atoms with van der Waals surface area (Å²) in [5.41, 5.74) is 0. The van der Waals surface area contributed by atoms with Gasteiger partial charge in [-0.15, -0.1) is 0 Å². The lowest BCUT2D eigenvalue weighted by Gasteiger charge is -2.26.